The van der Waals surface area contributed by atoms with Crippen molar-refractivity contribution < 1.29 is 0 Å². The van der Waals surface area contributed by atoms with E-state index in [1.165, 1.54) is 12.8 Å². The fourth-order valence-electron chi connectivity index (χ4n) is 2.41. The van der Waals surface area contributed by atoms with Gasteiger partial charge in [0.25, 0.3) is 0 Å². The van der Waals surface area contributed by atoms with Crippen LogP contribution in [0, 0.1) is 0 Å². The van der Waals surface area contributed by atoms with Gasteiger partial charge < -0.3 is 4.57 Å². The van der Waals surface area contributed by atoms with Crippen LogP contribution in [0.4, 0.5) is 0 Å². The van der Waals surface area contributed by atoms with Crippen LogP contribution in [-0.2, 0) is 0 Å². The van der Waals surface area contributed by atoms with E-state index in [2.05, 4.69) is 33.0 Å². The van der Waals surface area contributed by atoms with Crippen molar-refractivity contribution in [2.75, 3.05) is 0 Å². The minimum atomic E-state index is 0.622. The van der Waals surface area contributed by atoms with Gasteiger partial charge in [0.15, 0.2) is 5.82 Å². The standard InChI is InChI=1S/C15H14N4/c1-2-4-13(5-3-1)19-14(8-9-17-19)15-16-10-11-18(15)12-6-7-12/h1-5,8-12H,6-7H2. The van der Waals surface area contributed by atoms with Crippen LogP contribution in [-0.4, -0.2) is 19.3 Å². The lowest BCUT2D eigenvalue weighted by Crippen LogP contribution is -2.03. The normalized spacial score (nSPS) is 14.7. The SMILES string of the molecule is c1ccc(-n2nccc2-c2nccn2C2CC2)cc1. The van der Waals surface area contributed by atoms with Gasteiger partial charge in [-0.15, -0.1) is 0 Å². The molecule has 4 rings (SSSR count). The third kappa shape index (κ3) is 1.76. The molecular weight excluding hydrogens is 236 g/mol. The van der Waals surface area contributed by atoms with Crippen molar-refractivity contribution in [3.63, 3.8) is 0 Å². The van der Waals surface area contributed by atoms with E-state index in [0.717, 1.165) is 17.2 Å². The number of hydrogen-bond donors (Lipinski definition) is 0. The summed E-state index contributed by atoms with van der Waals surface area (Å²) in [7, 11) is 0. The van der Waals surface area contributed by atoms with Crippen LogP contribution in [0.1, 0.15) is 18.9 Å². The first kappa shape index (κ1) is 10.6. The number of benzene rings is 1. The molecule has 2 heterocycles. The van der Waals surface area contributed by atoms with E-state index in [0.29, 0.717) is 6.04 Å². The third-order valence-electron chi connectivity index (χ3n) is 3.48. The Morgan fingerprint density at radius 1 is 1.00 bits per heavy atom. The molecule has 1 aromatic carbocycles. The van der Waals surface area contributed by atoms with Crippen molar-refractivity contribution in [1.82, 2.24) is 19.3 Å². The number of para-hydroxylation sites is 1. The van der Waals surface area contributed by atoms with Crippen LogP contribution in [0.3, 0.4) is 0 Å². The minimum absolute atomic E-state index is 0.622. The smallest absolute Gasteiger partial charge is 0.159 e. The molecule has 1 saturated carbocycles. The lowest BCUT2D eigenvalue weighted by molar-refractivity contribution is 0.740. The molecule has 0 N–H and O–H groups in total. The molecule has 19 heavy (non-hydrogen) atoms. The maximum absolute atomic E-state index is 4.51. The van der Waals surface area contributed by atoms with E-state index in [-0.39, 0.29) is 0 Å². The summed E-state index contributed by atoms with van der Waals surface area (Å²) in [6.07, 6.45) is 8.27. The first-order valence-corrected chi connectivity index (χ1v) is 6.56. The number of nitrogens with zero attached hydrogens (tertiary/aromatic N) is 4. The molecule has 4 heteroatoms. The molecule has 1 fully saturated rings. The van der Waals surface area contributed by atoms with Gasteiger partial charge in [-0.05, 0) is 31.0 Å². The van der Waals surface area contributed by atoms with E-state index in [1.54, 1.807) is 0 Å². The summed E-state index contributed by atoms with van der Waals surface area (Å²) in [5.41, 5.74) is 2.11. The van der Waals surface area contributed by atoms with Crippen molar-refractivity contribution in [1.29, 1.82) is 0 Å². The van der Waals surface area contributed by atoms with Crippen LogP contribution in [0.25, 0.3) is 17.2 Å². The molecule has 3 aromatic rings. The Kier molecular flexibility index (Phi) is 2.27. The topological polar surface area (TPSA) is 35.6 Å². The second-order valence-electron chi connectivity index (χ2n) is 4.85. The summed E-state index contributed by atoms with van der Waals surface area (Å²) in [6, 6.07) is 12.8. The fraction of sp³-hybridized carbons (Fsp3) is 0.200. The van der Waals surface area contributed by atoms with Crippen molar-refractivity contribution in [2.45, 2.75) is 18.9 Å². The van der Waals surface area contributed by atoms with Crippen LogP contribution in [0.15, 0.2) is 55.0 Å². The van der Waals surface area contributed by atoms with E-state index in [1.807, 2.05) is 41.3 Å². The summed E-state index contributed by atoms with van der Waals surface area (Å²) >= 11 is 0. The Labute approximate surface area is 111 Å². The minimum Gasteiger partial charge on any atom is -0.327 e. The van der Waals surface area contributed by atoms with Gasteiger partial charge >= 0.3 is 0 Å². The van der Waals surface area contributed by atoms with Gasteiger partial charge in [-0.25, -0.2) is 9.67 Å². The van der Waals surface area contributed by atoms with Gasteiger partial charge in [-0.1, -0.05) is 18.2 Å². The first-order chi connectivity index (χ1) is 9.43. The number of imidazole rings is 1. The maximum atomic E-state index is 4.51. The summed E-state index contributed by atoms with van der Waals surface area (Å²) in [6.45, 7) is 0. The highest BCUT2D eigenvalue weighted by Gasteiger charge is 2.26. The molecule has 0 spiro atoms. The Hall–Kier alpha value is -2.36. The molecule has 0 aliphatic heterocycles. The highest BCUT2D eigenvalue weighted by molar-refractivity contribution is 5.54. The summed E-state index contributed by atoms with van der Waals surface area (Å²) in [4.78, 5) is 4.51. The maximum Gasteiger partial charge on any atom is 0.159 e. The second-order valence-corrected chi connectivity index (χ2v) is 4.85. The molecule has 94 valence electrons. The largest absolute Gasteiger partial charge is 0.327 e. The molecule has 0 atom stereocenters. The van der Waals surface area contributed by atoms with Crippen LogP contribution in [0.2, 0.25) is 0 Å². The molecule has 1 aliphatic rings. The Morgan fingerprint density at radius 2 is 1.84 bits per heavy atom. The molecule has 4 nitrogen and oxygen atoms in total. The quantitative estimate of drug-likeness (QED) is 0.716. The van der Waals surface area contributed by atoms with Gasteiger partial charge in [0.05, 0.1) is 11.9 Å². The molecule has 2 aromatic heterocycles. The monoisotopic (exact) mass is 250 g/mol. The van der Waals surface area contributed by atoms with Crippen molar-refractivity contribution in [3.05, 3.63) is 55.0 Å². The zero-order valence-corrected chi connectivity index (χ0v) is 10.5. The average Bonchev–Trinajstić information content (AvgIpc) is 3.01. The predicted octanol–water partition coefficient (Wildman–Crippen LogP) is 3.07. The van der Waals surface area contributed by atoms with Crippen molar-refractivity contribution in [2.24, 2.45) is 0 Å². The van der Waals surface area contributed by atoms with Gasteiger partial charge in [0.1, 0.15) is 5.69 Å². The van der Waals surface area contributed by atoms with Gasteiger partial charge in [0.2, 0.25) is 0 Å². The van der Waals surface area contributed by atoms with Gasteiger partial charge in [0, 0.05) is 18.4 Å². The number of aromatic nitrogens is 4. The first-order valence-electron chi connectivity index (χ1n) is 6.56. The molecule has 0 saturated heterocycles. The summed E-state index contributed by atoms with van der Waals surface area (Å²) < 4.78 is 4.21. The molecule has 0 bridgehead atoms. The predicted molar refractivity (Wildman–Crippen MR) is 73.1 cm³/mol. The molecule has 0 radical (unpaired) electrons. The zero-order valence-electron chi connectivity index (χ0n) is 10.5. The lowest BCUT2D eigenvalue weighted by Gasteiger charge is -2.09. The third-order valence-corrected chi connectivity index (χ3v) is 3.48. The number of rotatable bonds is 3. The van der Waals surface area contributed by atoms with Gasteiger partial charge in [-0.3, -0.25) is 0 Å². The van der Waals surface area contributed by atoms with E-state index < -0.39 is 0 Å². The zero-order chi connectivity index (χ0) is 12.7. The Bertz CT molecular complexity index is 692. The Morgan fingerprint density at radius 3 is 2.63 bits per heavy atom. The van der Waals surface area contributed by atoms with Crippen molar-refractivity contribution >= 4 is 0 Å². The second kappa shape index (κ2) is 4.09. The average molecular weight is 250 g/mol. The van der Waals surface area contributed by atoms with Crippen molar-refractivity contribution in [3.8, 4) is 17.2 Å². The fourth-order valence-corrected chi connectivity index (χ4v) is 2.41. The Balaban J connectivity index is 1.84. The van der Waals surface area contributed by atoms with Crippen LogP contribution >= 0.6 is 0 Å². The summed E-state index contributed by atoms with van der Waals surface area (Å²) in [5.74, 6) is 1.00. The van der Waals surface area contributed by atoms with Gasteiger partial charge in [-0.2, -0.15) is 5.10 Å². The van der Waals surface area contributed by atoms with E-state index in [4.69, 9.17) is 0 Å². The van der Waals surface area contributed by atoms with E-state index in [9.17, 15) is 0 Å². The molecule has 0 amide bonds. The van der Waals surface area contributed by atoms with Crippen LogP contribution in [0.5, 0.6) is 0 Å². The number of hydrogen-bond acceptors (Lipinski definition) is 2. The van der Waals surface area contributed by atoms with E-state index >= 15 is 0 Å². The lowest BCUT2D eigenvalue weighted by atomic mass is 10.3. The summed E-state index contributed by atoms with van der Waals surface area (Å²) in [5, 5.41) is 4.43. The molecule has 0 unspecified atom stereocenters. The molecule has 1 aliphatic carbocycles. The van der Waals surface area contributed by atoms with Crippen LogP contribution < -0.4 is 0 Å². The highest BCUT2D eigenvalue weighted by atomic mass is 15.3. The highest BCUT2D eigenvalue weighted by Crippen LogP contribution is 2.38. The molecular formula is C15H14N4.